The highest BCUT2D eigenvalue weighted by Crippen LogP contribution is 2.17. The van der Waals surface area contributed by atoms with Gasteiger partial charge in [-0.2, -0.15) is 0 Å². The van der Waals surface area contributed by atoms with Gasteiger partial charge in [-0.15, -0.1) is 0 Å². The normalized spacial score (nSPS) is 13.8. The first-order valence-corrected chi connectivity index (χ1v) is 11.1. The fourth-order valence-corrected chi connectivity index (χ4v) is 3.38. The van der Waals surface area contributed by atoms with Crippen LogP contribution < -0.4 is 20.7 Å². The lowest BCUT2D eigenvalue weighted by Crippen LogP contribution is -2.49. The van der Waals surface area contributed by atoms with Crippen molar-refractivity contribution in [2.75, 3.05) is 32.8 Å². The highest BCUT2D eigenvalue weighted by Gasteiger charge is 2.22. The SMILES string of the molecule is C=CCOc1ccccc1CNC(=NCc1ccc(C(=O)N2CCNC(=O)C2)cc1)NCC. The lowest BCUT2D eigenvalue weighted by atomic mass is 10.1. The minimum atomic E-state index is -0.132. The van der Waals surface area contributed by atoms with Gasteiger partial charge in [0.05, 0.1) is 13.1 Å². The first-order chi connectivity index (χ1) is 16.1. The van der Waals surface area contributed by atoms with Crippen molar-refractivity contribution in [1.29, 1.82) is 0 Å². The lowest BCUT2D eigenvalue weighted by molar-refractivity contribution is -0.123. The third kappa shape index (κ3) is 7.10. The number of para-hydroxylation sites is 1. The molecule has 3 N–H and O–H groups in total. The van der Waals surface area contributed by atoms with Crippen LogP contribution in [-0.2, 0) is 17.9 Å². The maximum absolute atomic E-state index is 12.6. The number of benzene rings is 2. The summed E-state index contributed by atoms with van der Waals surface area (Å²) in [5.41, 5.74) is 2.58. The number of hydrogen-bond donors (Lipinski definition) is 3. The number of carbonyl (C=O) groups is 2. The third-order valence-corrected chi connectivity index (χ3v) is 5.07. The van der Waals surface area contributed by atoms with E-state index in [1.165, 1.54) is 0 Å². The fraction of sp³-hybridized carbons (Fsp3) is 0.320. The molecule has 8 heteroatoms. The molecule has 0 saturated carbocycles. The highest BCUT2D eigenvalue weighted by molar-refractivity contribution is 5.97. The number of nitrogens with one attached hydrogen (secondary N) is 3. The van der Waals surface area contributed by atoms with Gasteiger partial charge in [0.15, 0.2) is 5.96 Å². The van der Waals surface area contributed by atoms with Gasteiger partial charge in [0.25, 0.3) is 5.91 Å². The van der Waals surface area contributed by atoms with Crippen LogP contribution in [0.1, 0.15) is 28.4 Å². The molecule has 1 saturated heterocycles. The largest absolute Gasteiger partial charge is 0.489 e. The Morgan fingerprint density at radius 2 is 2.00 bits per heavy atom. The van der Waals surface area contributed by atoms with Crippen molar-refractivity contribution >= 4 is 17.8 Å². The van der Waals surface area contributed by atoms with Gasteiger partial charge in [-0.25, -0.2) is 4.99 Å². The molecule has 0 spiro atoms. The monoisotopic (exact) mass is 449 g/mol. The second-order valence-corrected chi connectivity index (χ2v) is 7.53. The van der Waals surface area contributed by atoms with Crippen molar-refractivity contribution in [3.05, 3.63) is 77.9 Å². The molecule has 0 radical (unpaired) electrons. The molecule has 0 aromatic heterocycles. The van der Waals surface area contributed by atoms with Gasteiger partial charge in [0.2, 0.25) is 5.91 Å². The number of aliphatic imine (C=N–C) groups is 1. The Hall–Kier alpha value is -3.81. The highest BCUT2D eigenvalue weighted by atomic mass is 16.5. The van der Waals surface area contributed by atoms with Crippen LogP contribution in [0, 0.1) is 0 Å². The molecular weight excluding hydrogens is 418 g/mol. The Morgan fingerprint density at radius 3 is 2.73 bits per heavy atom. The van der Waals surface area contributed by atoms with Crippen LogP contribution in [0.5, 0.6) is 5.75 Å². The van der Waals surface area contributed by atoms with Crippen molar-refractivity contribution in [2.24, 2.45) is 4.99 Å². The lowest BCUT2D eigenvalue weighted by Gasteiger charge is -2.26. The summed E-state index contributed by atoms with van der Waals surface area (Å²) in [4.78, 5) is 30.4. The fourth-order valence-electron chi connectivity index (χ4n) is 3.38. The molecule has 0 atom stereocenters. The average Bonchev–Trinajstić information content (AvgIpc) is 2.85. The number of amides is 2. The molecule has 174 valence electrons. The Bertz CT molecular complexity index is 988. The van der Waals surface area contributed by atoms with E-state index in [2.05, 4.69) is 27.5 Å². The maximum atomic E-state index is 12.6. The predicted molar refractivity (Wildman–Crippen MR) is 129 cm³/mol. The Morgan fingerprint density at radius 1 is 1.21 bits per heavy atom. The quantitative estimate of drug-likeness (QED) is 0.310. The summed E-state index contributed by atoms with van der Waals surface area (Å²) in [5, 5.41) is 9.31. The molecule has 2 amide bonds. The van der Waals surface area contributed by atoms with Gasteiger partial charge < -0.3 is 25.6 Å². The van der Waals surface area contributed by atoms with Crippen LogP contribution in [0.15, 0.2) is 66.2 Å². The zero-order valence-corrected chi connectivity index (χ0v) is 19.0. The van der Waals surface area contributed by atoms with Crippen molar-refractivity contribution < 1.29 is 14.3 Å². The molecule has 1 aliphatic rings. The molecule has 1 aliphatic heterocycles. The van der Waals surface area contributed by atoms with Crippen LogP contribution in [0.3, 0.4) is 0 Å². The van der Waals surface area contributed by atoms with Gasteiger partial charge in [-0.05, 0) is 30.7 Å². The summed E-state index contributed by atoms with van der Waals surface area (Å²) in [7, 11) is 0. The molecule has 8 nitrogen and oxygen atoms in total. The molecule has 2 aromatic carbocycles. The number of guanidine groups is 1. The number of hydrogen-bond acceptors (Lipinski definition) is 4. The van der Waals surface area contributed by atoms with Crippen molar-refractivity contribution in [3.63, 3.8) is 0 Å². The van der Waals surface area contributed by atoms with Gasteiger partial charge in [0, 0.05) is 37.3 Å². The molecule has 33 heavy (non-hydrogen) atoms. The first-order valence-electron chi connectivity index (χ1n) is 11.1. The first kappa shape index (κ1) is 23.8. The maximum Gasteiger partial charge on any atom is 0.254 e. The number of carbonyl (C=O) groups excluding carboxylic acids is 2. The summed E-state index contributed by atoms with van der Waals surface area (Å²) in [6.45, 7) is 9.03. The van der Waals surface area contributed by atoms with E-state index in [0.29, 0.717) is 44.3 Å². The number of piperazine rings is 1. The molecule has 2 aromatic rings. The molecule has 3 rings (SSSR count). The number of rotatable bonds is 9. The standard InChI is InChI=1S/C25H31N5O3/c1-3-15-33-22-8-6-5-7-21(22)17-29-25(26-4-2)28-16-19-9-11-20(12-10-19)24(32)30-14-13-27-23(31)18-30/h3,5-12H,1,4,13-18H2,2H3,(H,27,31)(H2,26,28,29). The van der Waals surface area contributed by atoms with Gasteiger partial charge in [-0.1, -0.05) is 43.0 Å². The Balaban J connectivity index is 1.60. The molecule has 0 bridgehead atoms. The van der Waals surface area contributed by atoms with Crippen molar-refractivity contribution in [2.45, 2.75) is 20.0 Å². The van der Waals surface area contributed by atoms with E-state index >= 15 is 0 Å². The minimum Gasteiger partial charge on any atom is -0.489 e. The second-order valence-electron chi connectivity index (χ2n) is 7.53. The zero-order valence-electron chi connectivity index (χ0n) is 19.0. The molecule has 1 fully saturated rings. The second kappa shape index (κ2) is 12.3. The summed E-state index contributed by atoms with van der Waals surface area (Å²) < 4.78 is 5.72. The average molecular weight is 450 g/mol. The zero-order chi connectivity index (χ0) is 23.5. The van der Waals surface area contributed by atoms with Crippen LogP contribution in [0.2, 0.25) is 0 Å². The van der Waals surface area contributed by atoms with E-state index in [1.807, 2.05) is 43.3 Å². The van der Waals surface area contributed by atoms with Crippen LogP contribution in [-0.4, -0.2) is 55.5 Å². The number of nitrogens with zero attached hydrogens (tertiary/aromatic N) is 2. The van der Waals surface area contributed by atoms with Crippen LogP contribution >= 0.6 is 0 Å². The molecular formula is C25H31N5O3. The Labute approximate surface area is 194 Å². The van der Waals surface area contributed by atoms with Crippen LogP contribution in [0.25, 0.3) is 0 Å². The predicted octanol–water partition coefficient (Wildman–Crippen LogP) is 2.08. The van der Waals surface area contributed by atoms with E-state index in [0.717, 1.165) is 23.4 Å². The van der Waals surface area contributed by atoms with E-state index in [9.17, 15) is 9.59 Å². The van der Waals surface area contributed by atoms with Crippen molar-refractivity contribution in [3.8, 4) is 5.75 Å². The van der Waals surface area contributed by atoms with Crippen molar-refractivity contribution in [1.82, 2.24) is 20.9 Å². The van der Waals surface area contributed by atoms with E-state index in [-0.39, 0.29) is 18.4 Å². The Kier molecular flexibility index (Phi) is 8.88. The van der Waals surface area contributed by atoms with Gasteiger partial charge in [-0.3, -0.25) is 9.59 Å². The van der Waals surface area contributed by atoms with Gasteiger partial charge >= 0.3 is 0 Å². The summed E-state index contributed by atoms with van der Waals surface area (Å²) >= 11 is 0. The smallest absolute Gasteiger partial charge is 0.254 e. The number of ether oxygens (including phenoxy) is 1. The van der Waals surface area contributed by atoms with Gasteiger partial charge in [0.1, 0.15) is 12.4 Å². The molecule has 1 heterocycles. The summed E-state index contributed by atoms with van der Waals surface area (Å²) in [6, 6.07) is 15.2. The summed E-state index contributed by atoms with van der Waals surface area (Å²) in [5.74, 6) is 1.24. The molecule has 0 aliphatic carbocycles. The van der Waals surface area contributed by atoms with E-state index < -0.39 is 0 Å². The van der Waals surface area contributed by atoms with E-state index in [4.69, 9.17) is 4.74 Å². The van der Waals surface area contributed by atoms with Crippen LogP contribution in [0.4, 0.5) is 0 Å². The summed E-state index contributed by atoms with van der Waals surface area (Å²) in [6.07, 6.45) is 1.72. The molecule has 0 unspecified atom stereocenters. The van der Waals surface area contributed by atoms with E-state index in [1.54, 1.807) is 23.1 Å². The minimum absolute atomic E-state index is 0.102. The topological polar surface area (TPSA) is 95.1 Å². The third-order valence-electron chi connectivity index (χ3n) is 5.07.